The zero-order chi connectivity index (χ0) is 18.9. The lowest BCUT2D eigenvalue weighted by Crippen LogP contribution is -2.34. The third-order valence-corrected chi connectivity index (χ3v) is 5.54. The first-order valence-corrected chi connectivity index (χ1v) is 9.93. The van der Waals surface area contributed by atoms with Crippen LogP contribution in [0.3, 0.4) is 0 Å². The number of carbonyl (C=O) groups is 1. The van der Waals surface area contributed by atoms with Gasteiger partial charge in [0.1, 0.15) is 5.75 Å². The third kappa shape index (κ3) is 3.55. The highest BCUT2D eigenvalue weighted by Gasteiger charge is 2.32. The first-order chi connectivity index (χ1) is 12.3. The van der Waals surface area contributed by atoms with Crippen molar-refractivity contribution in [2.45, 2.75) is 19.4 Å². The van der Waals surface area contributed by atoms with Crippen LogP contribution in [0.15, 0.2) is 42.5 Å². The molecule has 3 rings (SSSR count). The van der Waals surface area contributed by atoms with E-state index in [1.807, 2.05) is 13.0 Å². The van der Waals surface area contributed by atoms with E-state index in [0.717, 1.165) is 5.56 Å². The average molecular weight is 370 g/mol. The van der Waals surface area contributed by atoms with Crippen LogP contribution < -0.4 is 9.04 Å². The molecule has 134 valence electrons. The summed E-state index contributed by atoms with van der Waals surface area (Å²) in [7, 11) is -3.35. The zero-order valence-corrected chi connectivity index (χ0v) is 15.3. The van der Waals surface area contributed by atoms with Crippen LogP contribution in [0.25, 0.3) is 0 Å². The van der Waals surface area contributed by atoms with Crippen molar-refractivity contribution in [2.75, 3.05) is 17.2 Å². The molecule has 0 amide bonds. The van der Waals surface area contributed by atoms with Gasteiger partial charge in [0.25, 0.3) is 0 Å². The van der Waals surface area contributed by atoms with Crippen molar-refractivity contribution in [1.82, 2.24) is 0 Å². The van der Waals surface area contributed by atoms with E-state index in [9.17, 15) is 13.2 Å². The monoisotopic (exact) mass is 370 g/mol. The molecule has 2 aromatic rings. The summed E-state index contributed by atoms with van der Waals surface area (Å²) in [6, 6.07) is 13.4. The van der Waals surface area contributed by atoms with Crippen molar-refractivity contribution in [3.8, 4) is 11.8 Å². The lowest BCUT2D eigenvalue weighted by molar-refractivity contribution is 0.0921. The van der Waals surface area contributed by atoms with Gasteiger partial charge in [-0.05, 0) is 61.4 Å². The number of ether oxygens (including phenoxy) is 1. The number of nitrogens with zero attached hydrogens (tertiary/aromatic N) is 2. The standard InChI is InChI=1S/C19H18N2O4S/c1-13-9-16-10-15(5-8-18(16)21(13)26(2,23)24)19(22)12-25-17-6-3-14(11-20)4-7-17/h3-8,10,13H,9,12H2,1-2H3/t13-/m0/s1. The van der Waals surface area contributed by atoms with Crippen molar-refractivity contribution in [3.63, 3.8) is 0 Å². The summed E-state index contributed by atoms with van der Waals surface area (Å²) in [6.07, 6.45) is 1.75. The van der Waals surface area contributed by atoms with Gasteiger partial charge in [-0.1, -0.05) is 0 Å². The summed E-state index contributed by atoms with van der Waals surface area (Å²) in [6.45, 7) is 1.71. The summed E-state index contributed by atoms with van der Waals surface area (Å²) in [5, 5.41) is 8.77. The Morgan fingerprint density at radius 1 is 1.27 bits per heavy atom. The molecule has 0 aliphatic carbocycles. The summed E-state index contributed by atoms with van der Waals surface area (Å²) in [4.78, 5) is 12.4. The molecule has 0 radical (unpaired) electrons. The Morgan fingerprint density at radius 3 is 2.58 bits per heavy atom. The van der Waals surface area contributed by atoms with Crippen LogP contribution in [-0.4, -0.2) is 33.1 Å². The fraction of sp³-hybridized carbons (Fsp3) is 0.263. The molecule has 1 aliphatic rings. The molecule has 1 atom stereocenters. The molecule has 0 fully saturated rings. The lowest BCUT2D eigenvalue weighted by atomic mass is 10.0. The fourth-order valence-corrected chi connectivity index (χ4v) is 4.40. The summed E-state index contributed by atoms with van der Waals surface area (Å²) in [5.74, 6) is 0.318. The number of hydrogen-bond donors (Lipinski definition) is 0. The van der Waals surface area contributed by atoms with Gasteiger partial charge in [-0.25, -0.2) is 8.42 Å². The van der Waals surface area contributed by atoms with Crippen molar-refractivity contribution < 1.29 is 17.9 Å². The van der Waals surface area contributed by atoms with Gasteiger partial charge in [0.05, 0.1) is 23.6 Å². The number of hydrogen-bond acceptors (Lipinski definition) is 5. The van der Waals surface area contributed by atoms with Crippen LogP contribution in [0.5, 0.6) is 5.75 Å². The minimum absolute atomic E-state index is 0.129. The topological polar surface area (TPSA) is 87.5 Å². The van der Waals surface area contributed by atoms with Gasteiger partial charge in [0.2, 0.25) is 10.0 Å². The molecule has 0 aromatic heterocycles. The highest BCUT2D eigenvalue weighted by atomic mass is 32.2. The predicted octanol–water partition coefficient (Wildman–Crippen LogP) is 2.53. The van der Waals surface area contributed by atoms with Gasteiger partial charge in [-0.2, -0.15) is 5.26 Å². The molecule has 7 heteroatoms. The van der Waals surface area contributed by atoms with Crippen LogP contribution in [-0.2, 0) is 16.4 Å². The SMILES string of the molecule is C[C@H]1Cc2cc(C(=O)COc3ccc(C#N)cc3)ccc2N1S(C)(=O)=O. The van der Waals surface area contributed by atoms with Crippen LogP contribution in [0.1, 0.15) is 28.4 Å². The Hall–Kier alpha value is -2.85. The molecule has 0 bridgehead atoms. The van der Waals surface area contributed by atoms with Crippen molar-refractivity contribution >= 4 is 21.5 Å². The number of fused-ring (bicyclic) bond motifs is 1. The predicted molar refractivity (Wildman–Crippen MR) is 97.9 cm³/mol. The Labute approximate surface area is 152 Å². The highest BCUT2D eigenvalue weighted by Crippen LogP contribution is 2.34. The number of carbonyl (C=O) groups excluding carboxylic acids is 1. The number of anilines is 1. The van der Waals surface area contributed by atoms with Crippen LogP contribution in [0.4, 0.5) is 5.69 Å². The largest absolute Gasteiger partial charge is 0.485 e. The molecule has 6 nitrogen and oxygen atoms in total. The minimum atomic E-state index is -3.35. The smallest absolute Gasteiger partial charge is 0.232 e. The molecule has 0 spiro atoms. The number of Topliss-reactive ketones (excluding diaryl/α,β-unsaturated/α-hetero) is 1. The van der Waals surface area contributed by atoms with Gasteiger partial charge in [-0.3, -0.25) is 9.10 Å². The lowest BCUT2D eigenvalue weighted by Gasteiger charge is -2.21. The summed E-state index contributed by atoms with van der Waals surface area (Å²) < 4.78 is 30.8. The highest BCUT2D eigenvalue weighted by molar-refractivity contribution is 7.92. The quantitative estimate of drug-likeness (QED) is 0.755. The van der Waals surface area contributed by atoms with E-state index in [4.69, 9.17) is 10.00 Å². The van der Waals surface area contributed by atoms with Gasteiger partial charge >= 0.3 is 0 Å². The van der Waals surface area contributed by atoms with Crippen LogP contribution in [0, 0.1) is 11.3 Å². The molecule has 0 N–H and O–H groups in total. The molecular formula is C19H18N2O4S. The summed E-state index contributed by atoms with van der Waals surface area (Å²) in [5.41, 5.74) is 2.48. The maximum Gasteiger partial charge on any atom is 0.232 e. The second kappa shape index (κ2) is 6.81. The number of nitriles is 1. The van der Waals surface area contributed by atoms with Gasteiger partial charge in [-0.15, -0.1) is 0 Å². The fourth-order valence-electron chi connectivity index (χ4n) is 3.14. The van der Waals surface area contributed by atoms with Crippen molar-refractivity contribution in [3.05, 3.63) is 59.2 Å². The minimum Gasteiger partial charge on any atom is -0.485 e. The second-order valence-corrected chi connectivity index (χ2v) is 8.16. The van der Waals surface area contributed by atoms with E-state index in [1.54, 1.807) is 42.5 Å². The van der Waals surface area contributed by atoms with E-state index in [1.165, 1.54) is 10.6 Å². The Bertz CT molecular complexity index is 991. The average Bonchev–Trinajstić information content (AvgIpc) is 2.95. The van der Waals surface area contributed by atoms with E-state index >= 15 is 0 Å². The molecule has 2 aromatic carbocycles. The number of benzene rings is 2. The molecule has 0 saturated carbocycles. The Balaban J connectivity index is 1.73. The summed E-state index contributed by atoms with van der Waals surface area (Å²) >= 11 is 0. The van der Waals surface area contributed by atoms with Crippen molar-refractivity contribution in [1.29, 1.82) is 5.26 Å². The van der Waals surface area contributed by atoms with Crippen molar-refractivity contribution in [2.24, 2.45) is 0 Å². The van der Waals surface area contributed by atoms with Crippen LogP contribution in [0.2, 0.25) is 0 Å². The van der Waals surface area contributed by atoms with E-state index in [2.05, 4.69) is 0 Å². The number of ketones is 1. The first kappa shape index (κ1) is 18.0. The van der Waals surface area contributed by atoms with Gasteiger partial charge in [0, 0.05) is 11.6 Å². The van der Waals surface area contributed by atoms with E-state index in [-0.39, 0.29) is 18.4 Å². The normalized spacial score (nSPS) is 16.0. The number of rotatable bonds is 5. The van der Waals surface area contributed by atoms with Gasteiger partial charge < -0.3 is 4.74 Å². The second-order valence-electron chi connectivity index (χ2n) is 6.30. The molecule has 0 unspecified atom stereocenters. The molecular weight excluding hydrogens is 352 g/mol. The van der Waals surface area contributed by atoms with Gasteiger partial charge in [0.15, 0.2) is 12.4 Å². The molecule has 1 heterocycles. The Kier molecular flexibility index (Phi) is 4.70. The molecule has 1 aliphatic heterocycles. The molecule has 26 heavy (non-hydrogen) atoms. The maximum absolute atomic E-state index is 12.4. The third-order valence-electron chi connectivity index (χ3n) is 4.27. The van der Waals surface area contributed by atoms with E-state index in [0.29, 0.717) is 29.0 Å². The Morgan fingerprint density at radius 2 is 1.96 bits per heavy atom. The maximum atomic E-state index is 12.4. The first-order valence-electron chi connectivity index (χ1n) is 8.08. The van der Waals surface area contributed by atoms with Crippen LogP contribution >= 0.6 is 0 Å². The number of sulfonamides is 1. The van der Waals surface area contributed by atoms with E-state index < -0.39 is 10.0 Å². The molecule has 0 saturated heterocycles. The zero-order valence-electron chi connectivity index (χ0n) is 14.5.